The van der Waals surface area contributed by atoms with E-state index in [-0.39, 0.29) is 23.8 Å². The van der Waals surface area contributed by atoms with Gasteiger partial charge in [0.05, 0.1) is 17.8 Å². The normalized spacial score (nSPS) is 11.1. The van der Waals surface area contributed by atoms with Gasteiger partial charge in [-0.05, 0) is 30.0 Å². The van der Waals surface area contributed by atoms with Crippen molar-refractivity contribution in [2.75, 3.05) is 11.1 Å². The largest absolute Gasteiger partial charge is 0.360 e. The Morgan fingerprint density at radius 3 is 2.93 bits per heavy atom. The van der Waals surface area contributed by atoms with Crippen LogP contribution in [0.3, 0.4) is 0 Å². The van der Waals surface area contributed by atoms with Gasteiger partial charge in [-0.15, -0.1) is 11.3 Å². The van der Waals surface area contributed by atoms with Crippen molar-refractivity contribution < 1.29 is 9.32 Å². The number of carbonyl (C=O) groups excluding carboxylic acids is 1. The topological polar surface area (TPSA) is 90.0 Å². The molecule has 0 saturated carbocycles. The summed E-state index contributed by atoms with van der Waals surface area (Å²) in [5.41, 5.74) is 1.27. The summed E-state index contributed by atoms with van der Waals surface area (Å²) in [4.78, 5) is 29.9. The lowest BCUT2D eigenvalue weighted by atomic mass is 10.2. The van der Waals surface area contributed by atoms with Crippen LogP contribution in [0.25, 0.3) is 10.2 Å². The van der Waals surface area contributed by atoms with Gasteiger partial charge in [-0.2, -0.15) is 0 Å². The lowest BCUT2D eigenvalue weighted by Crippen LogP contribution is -2.24. The van der Waals surface area contributed by atoms with E-state index in [9.17, 15) is 9.59 Å². The zero-order valence-electron chi connectivity index (χ0n) is 15.2. The fraction of sp³-hybridized carbons (Fsp3) is 0.158. The summed E-state index contributed by atoms with van der Waals surface area (Å²) in [6.45, 7) is 2.01. The number of carbonyl (C=O) groups is 1. The standard InChI is InChI=1S/C19H15ClN4O3S2/c1-11-8-15(23-27-11)22-16(25)10-29-19-21-14-6-7-28-17(14)18(26)24(19)9-12-4-2-3-5-13(12)20/h2-8H,9-10H2,1H3,(H,22,23,25). The number of thioether (sulfide) groups is 1. The van der Waals surface area contributed by atoms with Crippen LogP contribution in [0.1, 0.15) is 11.3 Å². The van der Waals surface area contributed by atoms with Crippen LogP contribution in [-0.4, -0.2) is 26.4 Å². The molecule has 1 N–H and O–H groups in total. The van der Waals surface area contributed by atoms with Gasteiger partial charge in [-0.1, -0.05) is 46.7 Å². The van der Waals surface area contributed by atoms with Crippen LogP contribution in [0.15, 0.2) is 56.3 Å². The van der Waals surface area contributed by atoms with Crippen molar-refractivity contribution in [3.63, 3.8) is 0 Å². The molecule has 0 saturated heterocycles. The summed E-state index contributed by atoms with van der Waals surface area (Å²) >= 11 is 8.80. The number of hydrogen-bond acceptors (Lipinski definition) is 7. The first-order valence-corrected chi connectivity index (χ1v) is 10.8. The third-order valence-corrected chi connectivity index (χ3v) is 6.28. The molecule has 1 aromatic carbocycles. The molecular formula is C19H15ClN4O3S2. The fourth-order valence-electron chi connectivity index (χ4n) is 2.70. The molecule has 1 amide bonds. The highest BCUT2D eigenvalue weighted by molar-refractivity contribution is 7.99. The van der Waals surface area contributed by atoms with E-state index in [0.717, 1.165) is 5.56 Å². The van der Waals surface area contributed by atoms with E-state index in [1.165, 1.54) is 23.1 Å². The first-order chi connectivity index (χ1) is 14.0. The van der Waals surface area contributed by atoms with E-state index in [1.54, 1.807) is 29.7 Å². The molecule has 0 fully saturated rings. The molecule has 0 radical (unpaired) electrons. The van der Waals surface area contributed by atoms with Crippen molar-refractivity contribution in [1.29, 1.82) is 0 Å². The van der Waals surface area contributed by atoms with Gasteiger partial charge in [0.25, 0.3) is 5.56 Å². The molecule has 29 heavy (non-hydrogen) atoms. The lowest BCUT2D eigenvalue weighted by Gasteiger charge is -2.13. The molecule has 0 spiro atoms. The SMILES string of the molecule is Cc1cc(NC(=O)CSc2nc3ccsc3c(=O)n2Cc2ccccc2Cl)no1. The van der Waals surface area contributed by atoms with Crippen LogP contribution >= 0.6 is 34.7 Å². The number of rotatable bonds is 6. The molecule has 7 nitrogen and oxygen atoms in total. The van der Waals surface area contributed by atoms with Gasteiger partial charge in [0, 0.05) is 11.1 Å². The van der Waals surface area contributed by atoms with E-state index in [4.69, 9.17) is 16.1 Å². The van der Waals surface area contributed by atoms with Crippen molar-refractivity contribution in [2.45, 2.75) is 18.6 Å². The summed E-state index contributed by atoms with van der Waals surface area (Å²) in [5.74, 6) is 0.748. The molecule has 0 aliphatic carbocycles. The Morgan fingerprint density at radius 1 is 1.34 bits per heavy atom. The molecule has 4 rings (SSSR count). The predicted octanol–water partition coefficient (Wildman–Crippen LogP) is 4.19. The highest BCUT2D eigenvalue weighted by Gasteiger charge is 2.16. The van der Waals surface area contributed by atoms with E-state index in [0.29, 0.717) is 32.0 Å². The molecule has 0 bridgehead atoms. The Balaban J connectivity index is 1.61. The summed E-state index contributed by atoms with van der Waals surface area (Å²) in [5, 5.41) is 9.25. The molecule has 4 aromatic rings. The minimum atomic E-state index is -0.271. The minimum absolute atomic E-state index is 0.0660. The second kappa shape index (κ2) is 8.40. The number of fused-ring (bicyclic) bond motifs is 1. The molecule has 0 aliphatic heterocycles. The summed E-state index contributed by atoms with van der Waals surface area (Å²) in [7, 11) is 0. The van der Waals surface area contributed by atoms with Crippen molar-refractivity contribution in [2.24, 2.45) is 0 Å². The number of hydrogen-bond donors (Lipinski definition) is 1. The number of nitrogens with one attached hydrogen (secondary N) is 1. The molecule has 0 unspecified atom stereocenters. The van der Waals surface area contributed by atoms with Gasteiger partial charge < -0.3 is 9.84 Å². The van der Waals surface area contributed by atoms with Crippen LogP contribution in [0.4, 0.5) is 5.82 Å². The van der Waals surface area contributed by atoms with Crippen LogP contribution in [0.5, 0.6) is 0 Å². The van der Waals surface area contributed by atoms with Crippen molar-refractivity contribution in [3.8, 4) is 0 Å². The number of anilines is 1. The smallest absolute Gasteiger partial charge is 0.272 e. The number of amides is 1. The molecule has 148 valence electrons. The Bertz CT molecular complexity index is 1250. The molecule has 3 heterocycles. The van der Waals surface area contributed by atoms with E-state index in [1.807, 2.05) is 23.6 Å². The Labute approximate surface area is 178 Å². The third kappa shape index (κ3) is 4.36. The second-order valence-electron chi connectivity index (χ2n) is 6.17. The number of aryl methyl sites for hydroxylation is 1. The van der Waals surface area contributed by atoms with E-state index >= 15 is 0 Å². The molecule has 3 aromatic heterocycles. The molecule has 10 heteroatoms. The zero-order chi connectivity index (χ0) is 20.4. The van der Waals surface area contributed by atoms with Crippen LogP contribution in [0, 0.1) is 6.92 Å². The highest BCUT2D eigenvalue weighted by Crippen LogP contribution is 2.23. The van der Waals surface area contributed by atoms with Gasteiger partial charge in [0.2, 0.25) is 5.91 Å². The third-order valence-electron chi connectivity index (χ3n) is 4.04. The van der Waals surface area contributed by atoms with Gasteiger partial charge in [-0.3, -0.25) is 14.2 Å². The maximum atomic E-state index is 13.0. The van der Waals surface area contributed by atoms with Crippen molar-refractivity contribution in [3.05, 3.63) is 68.5 Å². The summed E-state index contributed by atoms with van der Waals surface area (Å²) in [6.07, 6.45) is 0. The summed E-state index contributed by atoms with van der Waals surface area (Å²) in [6, 6.07) is 10.8. The maximum absolute atomic E-state index is 13.0. The number of nitrogens with zero attached hydrogens (tertiary/aromatic N) is 3. The van der Waals surface area contributed by atoms with Crippen LogP contribution in [0.2, 0.25) is 5.02 Å². The van der Waals surface area contributed by atoms with Crippen LogP contribution in [-0.2, 0) is 11.3 Å². The average molecular weight is 447 g/mol. The Morgan fingerprint density at radius 2 is 2.17 bits per heavy atom. The zero-order valence-corrected chi connectivity index (χ0v) is 17.6. The number of thiophene rings is 1. The molecular weight excluding hydrogens is 432 g/mol. The average Bonchev–Trinajstić information content (AvgIpc) is 3.33. The van der Waals surface area contributed by atoms with Crippen molar-refractivity contribution >= 4 is 56.6 Å². The van der Waals surface area contributed by atoms with Crippen molar-refractivity contribution in [1.82, 2.24) is 14.7 Å². The van der Waals surface area contributed by atoms with E-state index < -0.39 is 0 Å². The van der Waals surface area contributed by atoms with Gasteiger partial charge >= 0.3 is 0 Å². The first kappa shape index (κ1) is 19.7. The number of benzene rings is 1. The quantitative estimate of drug-likeness (QED) is 0.353. The fourth-order valence-corrected chi connectivity index (χ4v) is 4.48. The lowest BCUT2D eigenvalue weighted by molar-refractivity contribution is -0.113. The van der Waals surface area contributed by atoms with Gasteiger partial charge in [-0.25, -0.2) is 4.98 Å². The predicted molar refractivity (Wildman–Crippen MR) is 115 cm³/mol. The molecule has 0 atom stereocenters. The highest BCUT2D eigenvalue weighted by atomic mass is 35.5. The summed E-state index contributed by atoms with van der Waals surface area (Å²) < 4.78 is 7.07. The molecule has 0 aliphatic rings. The van der Waals surface area contributed by atoms with Gasteiger partial charge in [0.15, 0.2) is 11.0 Å². The van der Waals surface area contributed by atoms with Crippen LogP contribution < -0.4 is 10.9 Å². The Kier molecular flexibility index (Phi) is 5.70. The van der Waals surface area contributed by atoms with Gasteiger partial charge in [0.1, 0.15) is 10.5 Å². The van der Waals surface area contributed by atoms with E-state index in [2.05, 4.69) is 15.5 Å². The Hall–Kier alpha value is -2.62. The number of halogens is 1. The number of aromatic nitrogens is 3. The minimum Gasteiger partial charge on any atom is -0.360 e. The maximum Gasteiger partial charge on any atom is 0.272 e. The first-order valence-electron chi connectivity index (χ1n) is 8.58. The second-order valence-corrected chi connectivity index (χ2v) is 8.44. The monoisotopic (exact) mass is 446 g/mol.